The highest BCUT2D eigenvalue weighted by Gasteiger charge is 2.35. The second kappa shape index (κ2) is 5.10. The molecule has 6 nitrogen and oxygen atoms in total. The number of tetrazole rings is 1. The molecule has 1 heterocycles. The van der Waals surface area contributed by atoms with Gasteiger partial charge in [0.05, 0.1) is 7.05 Å². The van der Waals surface area contributed by atoms with Crippen LogP contribution in [0, 0.1) is 5.41 Å². The van der Waals surface area contributed by atoms with Crippen LogP contribution >= 0.6 is 0 Å². The van der Waals surface area contributed by atoms with E-state index >= 15 is 0 Å². The number of hydrazine groups is 1. The highest BCUT2D eigenvalue weighted by atomic mass is 15.6. The molecule has 1 atom stereocenters. The minimum atomic E-state index is 0.229. The number of rotatable bonds is 4. The van der Waals surface area contributed by atoms with Gasteiger partial charge in [-0.15, -0.1) is 10.2 Å². The van der Waals surface area contributed by atoms with Crippen LogP contribution in [0.25, 0.3) is 0 Å². The zero-order valence-electron chi connectivity index (χ0n) is 10.7. The first-order valence-electron chi connectivity index (χ1n) is 6.33. The first-order chi connectivity index (χ1) is 8.14. The topological polar surface area (TPSA) is 81.7 Å². The molecule has 6 heteroatoms. The van der Waals surface area contributed by atoms with Gasteiger partial charge < -0.3 is 0 Å². The van der Waals surface area contributed by atoms with Crippen LogP contribution < -0.4 is 11.3 Å². The molecule has 0 saturated heterocycles. The van der Waals surface area contributed by atoms with E-state index in [1.165, 1.54) is 36.9 Å². The number of hydrogen-bond acceptors (Lipinski definition) is 5. The van der Waals surface area contributed by atoms with Crippen molar-refractivity contribution >= 4 is 0 Å². The van der Waals surface area contributed by atoms with Crippen molar-refractivity contribution in [2.45, 2.75) is 51.5 Å². The summed E-state index contributed by atoms with van der Waals surface area (Å²) in [6.45, 7) is 2.31. The molecule has 96 valence electrons. The molecule has 0 bridgehead atoms. The minimum Gasteiger partial charge on any atom is -0.271 e. The van der Waals surface area contributed by atoms with E-state index in [4.69, 9.17) is 5.84 Å². The lowest BCUT2D eigenvalue weighted by Gasteiger charge is -2.40. The van der Waals surface area contributed by atoms with E-state index < -0.39 is 0 Å². The van der Waals surface area contributed by atoms with Gasteiger partial charge >= 0.3 is 0 Å². The SMILES string of the molecule is Cn1nnc(CC(NN)C2(C)CCCCC2)n1. The fourth-order valence-electron chi connectivity index (χ4n) is 2.80. The Bertz CT molecular complexity index is 355. The molecular weight excluding hydrogens is 216 g/mol. The van der Waals surface area contributed by atoms with E-state index in [9.17, 15) is 0 Å². The van der Waals surface area contributed by atoms with Gasteiger partial charge in [0.2, 0.25) is 0 Å². The first kappa shape index (κ1) is 12.4. The average Bonchev–Trinajstić information content (AvgIpc) is 2.72. The maximum Gasteiger partial charge on any atom is 0.176 e. The highest BCUT2D eigenvalue weighted by Crippen LogP contribution is 2.39. The average molecular weight is 238 g/mol. The Morgan fingerprint density at radius 3 is 2.65 bits per heavy atom. The van der Waals surface area contributed by atoms with Gasteiger partial charge in [0, 0.05) is 12.5 Å². The van der Waals surface area contributed by atoms with E-state index in [0.717, 1.165) is 12.2 Å². The quantitative estimate of drug-likeness (QED) is 0.591. The van der Waals surface area contributed by atoms with E-state index in [1.54, 1.807) is 7.05 Å². The van der Waals surface area contributed by atoms with Gasteiger partial charge in [0.1, 0.15) is 0 Å². The molecule has 1 saturated carbocycles. The van der Waals surface area contributed by atoms with Crippen LogP contribution in [-0.4, -0.2) is 26.2 Å². The van der Waals surface area contributed by atoms with Crippen LogP contribution in [0.2, 0.25) is 0 Å². The molecular formula is C11H22N6. The molecule has 2 rings (SSSR count). The van der Waals surface area contributed by atoms with Crippen molar-refractivity contribution in [3.05, 3.63) is 5.82 Å². The Morgan fingerprint density at radius 1 is 1.41 bits per heavy atom. The van der Waals surface area contributed by atoms with Crippen molar-refractivity contribution in [1.82, 2.24) is 25.6 Å². The summed E-state index contributed by atoms with van der Waals surface area (Å²) < 4.78 is 0. The Balaban J connectivity index is 2.05. The summed E-state index contributed by atoms with van der Waals surface area (Å²) in [6, 6.07) is 0.229. The summed E-state index contributed by atoms with van der Waals surface area (Å²) in [6.07, 6.45) is 7.13. The first-order valence-corrected chi connectivity index (χ1v) is 6.33. The van der Waals surface area contributed by atoms with Crippen molar-refractivity contribution < 1.29 is 0 Å². The molecule has 0 spiro atoms. The van der Waals surface area contributed by atoms with Gasteiger partial charge in [0.25, 0.3) is 0 Å². The Labute approximate surface area is 102 Å². The Morgan fingerprint density at radius 2 is 2.12 bits per heavy atom. The Hall–Kier alpha value is -1.01. The fourth-order valence-corrected chi connectivity index (χ4v) is 2.80. The summed E-state index contributed by atoms with van der Waals surface area (Å²) in [5.74, 6) is 6.48. The summed E-state index contributed by atoms with van der Waals surface area (Å²) in [4.78, 5) is 1.49. The maximum absolute atomic E-state index is 5.71. The molecule has 1 aliphatic rings. The monoisotopic (exact) mass is 238 g/mol. The van der Waals surface area contributed by atoms with Gasteiger partial charge in [-0.2, -0.15) is 4.80 Å². The lowest BCUT2D eigenvalue weighted by molar-refractivity contribution is 0.142. The molecule has 1 aromatic heterocycles. The maximum atomic E-state index is 5.71. The van der Waals surface area contributed by atoms with Crippen LogP contribution in [0.5, 0.6) is 0 Å². The van der Waals surface area contributed by atoms with Gasteiger partial charge in [-0.05, 0) is 23.5 Å². The molecule has 0 aliphatic heterocycles. The van der Waals surface area contributed by atoms with Crippen LogP contribution in [0.1, 0.15) is 44.9 Å². The third kappa shape index (κ3) is 2.81. The second-order valence-corrected chi connectivity index (χ2v) is 5.33. The van der Waals surface area contributed by atoms with Gasteiger partial charge in [-0.3, -0.25) is 11.3 Å². The molecule has 0 radical (unpaired) electrons. The molecule has 17 heavy (non-hydrogen) atoms. The third-order valence-electron chi connectivity index (χ3n) is 3.97. The summed E-state index contributed by atoms with van der Waals surface area (Å²) in [7, 11) is 1.78. The smallest absolute Gasteiger partial charge is 0.176 e. The van der Waals surface area contributed by atoms with Crippen molar-refractivity contribution in [3.8, 4) is 0 Å². The lowest BCUT2D eigenvalue weighted by atomic mass is 9.70. The molecule has 0 aromatic carbocycles. The third-order valence-corrected chi connectivity index (χ3v) is 3.97. The highest BCUT2D eigenvalue weighted by molar-refractivity contribution is 4.95. The van der Waals surface area contributed by atoms with Crippen molar-refractivity contribution in [2.24, 2.45) is 18.3 Å². The van der Waals surface area contributed by atoms with Crippen molar-refractivity contribution in [2.75, 3.05) is 0 Å². The number of nitrogens with one attached hydrogen (secondary N) is 1. The Kier molecular flexibility index (Phi) is 3.73. The number of nitrogens with two attached hydrogens (primary N) is 1. The van der Waals surface area contributed by atoms with Gasteiger partial charge in [-0.1, -0.05) is 26.2 Å². The summed E-state index contributed by atoms with van der Waals surface area (Å²) in [5, 5.41) is 12.1. The van der Waals surface area contributed by atoms with E-state index in [2.05, 4.69) is 27.8 Å². The summed E-state index contributed by atoms with van der Waals surface area (Å²) in [5.41, 5.74) is 3.21. The van der Waals surface area contributed by atoms with Crippen LogP contribution in [-0.2, 0) is 13.5 Å². The van der Waals surface area contributed by atoms with Crippen LogP contribution in [0.15, 0.2) is 0 Å². The number of nitrogens with zero attached hydrogens (tertiary/aromatic N) is 4. The number of aromatic nitrogens is 4. The molecule has 3 N–H and O–H groups in total. The largest absolute Gasteiger partial charge is 0.271 e. The van der Waals surface area contributed by atoms with Gasteiger partial charge in [0.15, 0.2) is 5.82 Å². The zero-order chi connectivity index (χ0) is 12.3. The fraction of sp³-hybridized carbons (Fsp3) is 0.909. The number of hydrogen-bond donors (Lipinski definition) is 2. The molecule has 0 amide bonds. The van der Waals surface area contributed by atoms with E-state index in [0.29, 0.717) is 0 Å². The summed E-state index contributed by atoms with van der Waals surface area (Å²) >= 11 is 0. The number of aryl methyl sites for hydroxylation is 1. The zero-order valence-corrected chi connectivity index (χ0v) is 10.7. The molecule has 1 aliphatic carbocycles. The lowest BCUT2D eigenvalue weighted by Crippen LogP contribution is -2.49. The predicted octanol–water partition coefficient (Wildman–Crippen LogP) is 0.555. The molecule has 1 aromatic rings. The van der Waals surface area contributed by atoms with Crippen LogP contribution in [0.4, 0.5) is 0 Å². The predicted molar refractivity (Wildman–Crippen MR) is 64.8 cm³/mol. The molecule has 1 fully saturated rings. The molecule has 1 unspecified atom stereocenters. The standard InChI is InChI=1S/C11H22N6/c1-11(6-4-3-5-7-11)9(13-12)8-10-14-16-17(2)15-10/h9,13H,3-8,12H2,1-2H3. The van der Waals surface area contributed by atoms with E-state index in [1.807, 2.05) is 0 Å². The van der Waals surface area contributed by atoms with Crippen LogP contribution in [0.3, 0.4) is 0 Å². The second-order valence-electron chi connectivity index (χ2n) is 5.33. The van der Waals surface area contributed by atoms with E-state index in [-0.39, 0.29) is 11.5 Å². The van der Waals surface area contributed by atoms with Crippen molar-refractivity contribution in [3.63, 3.8) is 0 Å². The minimum absolute atomic E-state index is 0.229. The normalized spacial score (nSPS) is 21.4. The van der Waals surface area contributed by atoms with Gasteiger partial charge in [-0.25, -0.2) is 0 Å². The van der Waals surface area contributed by atoms with Crippen molar-refractivity contribution in [1.29, 1.82) is 0 Å².